The molecular formula is C23H17BrN2O6. The highest BCUT2D eigenvalue weighted by Gasteiger charge is 2.17. The van der Waals surface area contributed by atoms with Crippen molar-refractivity contribution in [3.63, 3.8) is 0 Å². The molecule has 0 aliphatic heterocycles. The number of hydrogen-bond acceptors (Lipinski definition) is 6. The van der Waals surface area contributed by atoms with Crippen molar-refractivity contribution >= 4 is 45.0 Å². The van der Waals surface area contributed by atoms with Gasteiger partial charge in [-0.2, -0.15) is 0 Å². The first-order valence-corrected chi connectivity index (χ1v) is 10.2. The largest absolute Gasteiger partial charge is 0.454 e. The second kappa shape index (κ2) is 9.97. The van der Waals surface area contributed by atoms with Gasteiger partial charge in [0.2, 0.25) is 5.78 Å². The van der Waals surface area contributed by atoms with E-state index in [0.29, 0.717) is 16.8 Å². The number of carbonyl (C=O) groups excluding carboxylic acids is 3. The highest BCUT2D eigenvalue weighted by atomic mass is 79.9. The molecule has 162 valence electrons. The van der Waals surface area contributed by atoms with Gasteiger partial charge in [0.15, 0.2) is 6.61 Å². The number of nitro benzene ring substituents is 1. The van der Waals surface area contributed by atoms with Crippen LogP contribution >= 0.6 is 15.9 Å². The van der Waals surface area contributed by atoms with E-state index in [1.165, 1.54) is 24.3 Å². The van der Waals surface area contributed by atoms with Crippen molar-refractivity contribution < 1.29 is 24.0 Å². The van der Waals surface area contributed by atoms with Crippen LogP contribution in [0.15, 0.2) is 71.2 Å². The maximum atomic E-state index is 12.2. The summed E-state index contributed by atoms with van der Waals surface area (Å²) >= 11 is 3.31. The molecule has 0 aliphatic carbocycles. The lowest BCUT2D eigenvalue weighted by atomic mass is 10.1. The molecule has 3 rings (SSSR count). The van der Waals surface area contributed by atoms with E-state index in [1.54, 1.807) is 43.3 Å². The van der Waals surface area contributed by atoms with Gasteiger partial charge in [-0.15, -0.1) is 0 Å². The Balaban J connectivity index is 1.58. The van der Waals surface area contributed by atoms with Crippen LogP contribution in [0.1, 0.15) is 36.6 Å². The Hall–Kier alpha value is -3.85. The number of aryl methyl sites for hydroxylation is 1. The van der Waals surface area contributed by atoms with Crippen molar-refractivity contribution in [2.75, 3.05) is 11.9 Å². The van der Waals surface area contributed by atoms with Gasteiger partial charge in [-0.3, -0.25) is 19.7 Å². The van der Waals surface area contributed by atoms with Gasteiger partial charge in [0, 0.05) is 32.9 Å². The number of carbonyl (C=O) groups is 3. The van der Waals surface area contributed by atoms with Crippen molar-refractivity contribution in [3.05, 3.63) is 104 Å². The number of rotatable bonds is 7. The van der Waals surface area contributed by atoms with Crippen molar-refractivity contribution in [2.24, 2.45) is 0 Å². The predicted octanol–water partition coefficient (Wildman–Crippen LogP) is 4.96. The second-order valence-electron chi connectivity index (χ2n) is 6.80. The molecule has 0 aliphatic rings. The summed E-state index contributed by atoms with van der Waals surface area (Å²) in [6, 6.07) is 16.9. The van der Waals surface area contributed by atoms with E-state index < -0.39 is 23.3 Å². The number of nitrogens with zero attached hydrogens (tertiary/aromatic N) is 1. The third-order valence-corrected chi connectivity index (χ3v) is 5.08. The number of halogens is 1. The van der Waals surface area contributed by atoms with E-state index in [9.17, 15) is 24.5 Å². The van der Waals surface area contributed by atoms with Gasteiger partial charge in [-0.05, 0) is 55.5 Å². The monoisotopic (exact) mass is 496 g/mol. The third-order valence-electron chi connectivity index (χ3n) is 4.55. The van der Waals surface area contributed by atoms with Crippen molar-refractivity contribution in [3.8, 4) is 0 Å². The molecule has 8 nitrogen and oxygen atoms in total. The number of nitro groups is 1. The molecule has 9 heteroatoms. The summed E-state index contributed by atoms with van der Waals surface area (Å²) < 4.78 is 5.88. The maximum absolute atomic E-state index is 12.2. The van der Waals surface area contributed by atoms with E-state index in [2.05, 4.69) is 21.2 Å². The Labute approximate surface area is 191 Å². The normalized spacial score (nSPS) is 10.3. The number of ketones is 1. The molecule has 0 saturated heterocycles. The van der Waals surface area contributed by atoms with Crippen LogP contribution in [0.5, 0.6) is 0 Å². The Morgan fingerprint density at radius 3 is 2.16 bits per heavy atom. The predicted molar refractivity (Wildman–Crippen MR) is 121 cm³/mol. The number of ether oxygens (including phenoxy) is 1. The summed E-state index contributed by atoms with van der Waals surface area (Å²) in [5.41, 5.74) is 1.48. The molecule has 0 fully saturated rings. The summed E-state index contributed by atoms with van der Waals surface area (Å²) in [5.74, 6) is -1.59. The molecule has 0 spiro atoms. The minimum absolute atomic E-state index is 0.0844. The van der Waals surface area contributed by atoms with Crippen LogP contribution in [-0.4, -0.2) is 29.2 Å². The molecule has 0 aromatic heterocycles. The summed E-state index contributed by atoms with van der Waals surface area (Å²) in [6.07, 6.45) is 0. The van der Waals surface area contributed by atoms with Crippen LogP contribution < -0.4 is 5.32 Å². The fourth-order valence-electron chi connectivity index (χ4n) is 2.77. The standard InChI is InChI=1S/C23H17BrN2O6/c1-14-2-3-17(12-20(14)26(30)31)21(27)13-32-23(29)16-6-10-19(11-7-16)25-22(28)15-4-8-18(24)9-5-15/h2-12H,13H2,1H3,(H,25,28). The lowest BCUT2D eigenvalue weighted by molar-refractivity contribution is -0.385. The summed E-state index contributed by atoms with van der Waals surface area (Å²) in [4.78, 5) is 47.2. The highest BCUT2D eigenvalue weighted by molar-refractivity contribution is 9.10. The average molecular weight is 497 g/mol. The molecule has 1 amide bonds. The van der Waals surface area contributed by atoms with E-state index in [-0.39, 0.29) is 22.7 Å². The van der Waals surface area contributed by atoms with Crippen LogP contribution in [-0.2, 0) is 4.74 Å². The quantitative estimate of drug-likeness (QED) is 0.214. The van der Waals surface area contributed by atoms with Crippen molar-refractivity contribution in [2.45, 2.75) is 6.92 Å². The average Bonchev–Trinajstić information content (AvgIpc) is 2.78. The zero-order chi connectivity index (χ0) is 23.3. The molecule has 0 bridgehead atoms. The molecule has 0 atom stereocenters. The lowest BCUT2D eigenvalue weighted by Gasteiger charge is -2.08. The Morgan fingerprint density at radius 2 is 1.53 bits per heavy atom. The first-order chi connectivity index (χ1) is 15.2. The molecule has 3 aromatic rings. The Morgan fingerprint density at radius 1 is 0.938 bits per heavy atom. The number of benzene rings is 3. The smallest absolute Gasteiger partial charge is 0.338 e. The zero-order valence-corrected chi connectivity index (χ0v) is 18.4. The summed E-state index contributed by atoms with van der Waals surface area (Å²) in [5, 5.41) is 13.7. The minimum Gasteiger partial charge on any atom is -0.454 e. The molecule has 1 N–H and O–H groups in total. The molecule has 0 saturated carbocycles. The van der Waals surface area contributed by atoms with Gasteiger partial charge in [0.1, 0.15) is 0 Å². The van der Waals surface area contributed by atoms with Gasteiger partial charge in [0.25, 0.3) is 11.6 Å². The molecule has 32 heavy (non-hydrogen) atoms. The van der Waals surface area contributed by atoms with Crippen molar-refractivity contribution in [1.29, 1.82) is 0 Å². The lowest BCUT2D eigenvalue weighted by Crippen LogP contribution is -2.15. The minimum atomic E-state index is -0.731. The van der Waals surface area contributed by atoms with Crippen LogP contribution in [0.2, 0.25) is 0 Å². The first kappa shape index (κ1) is 22.8. The number of amides is 1. The van der Waals surface area contributed by atoms with Gasteiger partial charge in [0.05, 0.1) is 10.5 Å². The molecule has 0 heterocycles. The van der Waals surface area contributed by atoms with E-state index >= 15 is 0 Å². The molecule has 3 aromatic carbocycles. The number of Topliss-reactive ketones (excluding diaryl/α,β-unsaturated/α-hetero) is 1. The van der Waals surface area contributed by atoms with Crippen LogP contribution in [0.3, 0.4) is 0 Å². The molecular weight excluding hydrogens is 480 g/mol. The number of anilines is 1. The van der Waals surface area contributed by atoms with E-state index in [1.807, 2.05) is 0 Å². The first-order valence-electron chi connectivity index (χ1n) is 9.37. The second-order valence-corrected chi connectivity index (χ2v) is 7.71. The number of hydrogen-bond donors (Lipinski definition) is 1. The van der Waals surface area contributed by atoms with Gasteiger partial charge in [-0.25, -0.2) is 4.79 Å². The van der Waals surface area contributed by atoms with Gasteiger partial charge < -0.3 is 10.1 Å². The third kappa shape index (κ3) is 5.64. The molecule has 0 unspecified atom stereocenters. The van der Waals surface area contributed by atoms with Crippen LogP contribution in [0.4, 0.5) is 11.4 Å². The SMILES string of the molecule is Cc1ccc(C(=O)COC(=O)c2ccc(NC(=O)c3ccc(Br)cc3)cc2)cc1[N+](=O)[O-]. The van der Waals surface area contributed by atoms with Gasteiger partial charge in [-0.1, -0.05) is 28.1 Å². The Kier molecular flexibility index (Phi) is 7.11. The van der Waals surface area contributed by atoms with Crippen LogP contribution in [0.25, 0.3) is 0 Å². The van der Waals surface area contributed by atoms with Gasteiger partial charge >= 0.3 is 5.97 Å². The van der Waals surface area contributed by atoms with Crippen LogP contribution in [0, 0.1) is 17.0 Å². The summed E-state index contributed by atoms with van der Waals surface area (Å²) in [6.45, 7) is 1.01. The topological polar surface area (TPSA) is 116 Å². The summed E-state index contributed by atoms with van der Waals surface area (Å²) in [7, 11) is 0. The fraction of sp³-hybridized carbons (Fsp3) is 0.0870. The number of esters is 1. The fourth-order valence-corrected chi connectivity index (χ4v) is 3.04. The Bertz CT molecular complexity index is 1190. The number of nitrogens with one attached hydrogen (secondary N) is 1. The zero-order valence-electron chi connectivity index (χ0n) is 16.8. The maximum Gasteiger partial charge on any atom is 0.338 e. The molecule has 0 radical (unpaired) electrons. The highest BCUT2D eigenvalue weighted by Crippen LogP contribution is 2.20. The van der Waals surface area contributed by atoms with Crippen molar-refractivity contribution in [1.82, 2.24) is 0 Å². The van der Waals surface area contributed by atoms with E-state index in [4.69, 9.17) is 4.74 Å². The van der Waals surface area contributed by atoms with E-state index in [0.717, 1.165) is 10.5 Å².